The number of carbonyl (C=O) groups excluding carboxylic acids is 3. The summed E-state index contributed by atoms with van der Waals surface area (Å²) in [5, 5.41) is 27.6. The number of dihydropyridines is 1. The van der Waals surface area contributed by atoms with Crippen LogP contribution in [0.25, 0.3) is 22.9 Å². The monoisotopic (exact) mass is 633 g/mol. The number of aliphatic hydroxyl groups excluding tert-OH is 1. The Kier molecular flexibility index (Phi) is 10.2. The maximum Gasteiger partial charge on any atom is 0.336 e. The lowest BCUT2D eigenvalue weighted by molar-refractivity contribution is -0.141. The van der Waals surface area contributed by atoms with Crippen LogP contribution in [0.1, 0.15) is 69.2 Å². The molecular formula is C34H36FN3O8. The van der Waals surface area contributed by atoms with Gasteiger partial charge in [-0.2, -0.15) is 5.10 Å². The number of hydrogen-bond acceptors (Lipinski definition) is 9. The molecule has 3 N–H and O–H groups in total. The lowest BCUT2D eigenvalue weighted by Gasteiger charge is -2.30. The van der Waals surface area contributed by atoms with E-state index in [1.807, 2.05) is 19.9 Å². The van der Waals surface area contributed by atoms with Gasteiger partial charge >= 0.3 is 17.9 Å². The van der Waals surface area contributed by atoms with Crippen LogP contribution in [-0.2, 0) is 28.7 Å². The lowest BCUT2D eigenvalue weighted by atomic mass is 9.83. The van der Waals surface area contributed by atoms with E-state index in [1.165, 1.54) is 32.4 Å². The van der Waals surface area contributed by atoms with Crippen molar-refractivity contribution in [2.75, 3.05) is 14.2 Å². The van der Waals surface area contributed by atoms with E-state index in [9.17, 15) is 28.7 Å². The molecule has 0 spiro atoms. The summed E-state index contributed by atoms with van der Waals surface area (Å²) in [6.45, 7) is 7.33. The number of ether oxygens (including phenoxy) is 2. The smallest absolute Gasteiger partial charge is 0.336 e. The predicted molar refractivity (Wildman–Crippen MR) is 167 cm³/mol. The molecule has 1 unspecified atom stereocenters. The number of carboxylic acids is 1. The van der Waals surface area contributed by atoms with Crippen LogP contribution < -0.4 is 5.32 Å². The summed E-state index contributed by atoms with van der Waals surface area (Å²) in [5.41, 5.74) is 4.76. The average Bonchev–Trinajstić information content (AvgIpc) is 3.41. The van der Waals surface area contributed by atoms with Gasteiger partial charge in [0, 0.05) is 28.9 Å². The normalized spacial score (nSPS) is 14.6. The summed E-state index contributed by atoms with van der Waals surface area (Å²) in [6, 6.07) is 9.26. The number of nitrogens with one attached hydrogen (secondary N) is 1. The minimum absolute atomic E-state index is 0.138. The number of esters is 2. The number of ketones is 1. The molecule has 12 heteroatoms. The molecule has 242 valence electrons. The molecule has 46 heavy (non-hydrogen) atoms. The molecule has 1 aromatic carbocycles. The second-order valence-electron chi connectivity index (χ2n) is 11.3. The highest BCUT2D eigenvalue weighted by molar-refractivity contribution is 6.00. The van der Waals surface area contributed by atoms with E-state index in [2.05, 4.69) is 5.32 Å². The Morgan fingerprint density at radius 3 is 2.11 bits per heavy atom. The van der Waals surface area contributed by atoms with E-state index in [0.29, 0.717) is 39.4 Å². The quantitative estimate of drug-likeness (QED) is 0.201. The third kappa shape index (κ3) is 6.76. The molecular weight excluding hydrogens is 597 g/mol. The number of nitrogens with zero attached hydrogens (tertiary/aromatic N) is 2. The van der Waals surface area contributed by atoms with Crippen LogP contribution in [0.3, 0.4) is 0 Å². The van der Waals surface area contributed by atoms with Crippen molar-refractivity contribution >= 4 is 35.3 Å². The number of aliphatic hydroxyl groups is 1. The fraction of sp³-hybridized carbons (Fsp3) is 0.324. The number of allylic oxidation sites excluding steroid dienone is 2. The van der Waals surface area contributed by atoms with E-state index >= 15 is 0 Å². The number of halogens is 1. The van der Waals surface area contributed by atoms with Crippen LogP contribution in [0, 0.1) is 5.82 Å². The van der Waals surface area contributed by atoms with E-state index in [4.69, 9.17) is 19.7 Å². The number of fused-ring (bicyclic) bond motifs is 1. The number of aromatic nitrogens is 2. The lowest BCUT2D eigenvalue weighted by Crippen LogP contribution is -2.32. The molecule has 3 heterocycles. The van der Waals surface area contributed by atoms with Crippen molar-refractivity contribution in [1.29, 1.82) is 0 Å². The Morgan fingerprint density at radius 1 is 1.00 bits per heavy atom. The van der Waals surface area contributed by atoms with Gasteiger partial charge in [0.25, 0.3) is 0 Å². The molecule has 0 saturated heterocycles. The minimum Gasteiger partial charge on any atom is -0.481 e. The van der Waals surface area contributed by atoms with Gasteiger partial charge in [-0.15, -0.1) is 0 Å². The van der Waals surface area contributed by atoms with Crippen LogP contribution >= 0.6 is 0 Å². The minimum atomic E-state index is -1.28. The Labute approximate surface area is 265 Å². The Bertz CT molecular complexity index is 1760. The van der Waals surface area contributed by atoms with Crippen LogP contribution in [0.5, 0.6) is 0 Å². The Balaban J connectivity index is 2.03. The fourth-order valence-corrected chi connectivity index (χ4v) is 5.79. The molecule has 0 amide bonds. The second kappa shape index (κ2) is 13.9. The number of methoxy groups -OCH3 is 2. The summed E-state index contributed by atoms with van der Waals surface area (Å²) in [5.74, 6) is -4.73. The van der Waals surface area contributed by atoms with Crippen molar-refractivity contribution in [2.45, 2.75) is 58.5 Å². The van der Waals surface area contributed by atoms with Gasteiger partial charge in [-0.1, -0.05) is 26.0 Å². The zero-order valence-corrected chi connectivity index (χ0v) is 26.4. The summed E-state index contributed by atoms with van der Waals surface area (Å²) < 4.78 is 25.9. The largest absolute Gasteiger partial charge is 0.481 e. The van der Waals surface area contributed by atoms with Crippen molar-refractivity contribution in [3.05, 3.63) is 87.7 Å². The highest BCUT2D eigenvalue weighted by Crippen LogP contribution is 2.42. The number of benzene rings is 1. The molecule has 4 rings (SSSR count). The standard InChI is InChI=1S/C34H36FN3O8/c1-17(2)28-24(12-11-22(39)15-23(40)16-27(41)42)32(20-7-9-21(35)10-8-20)37-38-25(28)13-14-26(38)31-29(33(43)45-5)18(3)36-19(4)30(31)34(44)46-6/h7-14,17,22,31,36,39H,15-16H2,1-6H3,(H,41,42)/b12-11+. The van der Waals surface area contributed by atoms with Crippen LogP contribution in [0.4, 0.5) is 4.39 Å². The van der Waals surface area contributed by atoms with Crippen LogP contribution in [0.15, 0.2) is 65.0 Å². The van der Waals surface area contributed by atoms with Crippen LogP contribution in [0.2, 0.25) is 0 Å². The van der Waals surface area contributed by atoms with E-state index in [0.717, 1.165) is 5.56 Å². The average molecular weight is 634 g/mol. The number of rotatable bonds is 11. The number of Topliss-reactive ketones (excluding diaryl/α,β-unsaturated/α-hetero) is 1. The summed E-state index contributed by atoms with van der Waals surface area (Å²) in [6.07, 6.45) is 0.642. The van der Waals surface area contributed by atoms with Gasteiger partial charge in [0.15, 0.2) is 0 Å². The van der Waals surface area contributed by atoms with Gasteiger partial charge in [0.05, 0.1) is 54.3 Å². The van der Waals surface area contributed by atoms with Gasteiger partial charge in [-0.05, 0) is 61.7 Å². The molecule has 1 atom stereocenters. The molecule has 2 aromatic heterocycles. The first-order valence-electron chi connectivity index (χ1n) is 14.5. The summed E-state index contributed by atoms with van der Waals surface area (Å²) in [4.78, 5) is 49.3. The van der Waals surface area contributed by atoms with E-state index in [1.54, 1.807) is 42.6 Å². The first-order chi connectivity index (χ1) is 21.8. The van der Waals surface area contributed by atoms with Gasteiger partial charge in [-0.3, -0.25) is 9.59 Å². The van der Waals surface area contributed by atoms with Crippen LogP contribution in [-0.4, -0.2) is 63.8 Å². The van der Waals surface area contributed by atoms with E-state index in [-0.39, 0.29) is 17.1 Å². The fourth-order valence-electron chi connectivity index (χ4n) is 5.79. The molecule has 0 fully saturated rings. The van der Waals surface area contributed by atoms with Crippen molar-refractivity contribution in [1.82, 2.24) is 14.9 Å². The van der Waals surface area contributed by atoms with Crippen molar-refractivity contribution in [3.8, 4) is 11.3 Å². The molecule has 1 aliphatic rings. The number of aliphatic carboxylic acids is 1. The highest BCUT2D eigenvalue weighted by Gasteiger charge is 2.39. The topological polar surface area (TPSA) is 157 Å². The highest BCUT2D eigenvalue weighted by atomic mass is 19.1. The van der Waals surface area contributed by atoms with Gasteiger partial charge in [0.2, 0.25) is 0 Å². The number of hydrogen-bond donors (Lipinski definition) is 3. The van der Waals surface area contributed by atoms with Crippen molar-refractivity contribution in [2.24, 2.45) is 0 Å². The maximum absolute atomic E-state index is 14.0. The summed E-state index contributed by atoms with van der Waals surface area (Å²) in [7, 11) is 2.51. The third-order valence-corrected chi connectivity index (χ3v) is 7.74. The second-order valence-corrected chi connectivity index (χ2v) is 11.3. The van der Waals surface area contributed by atoms with Gasteiger partial charge < -0.3 is 25.0 Å². The first kappa shape index (κ1) is 33.8. The predicted octanol–water partition coefficient (Wildman–Crippen LogP) is 4.65. The SMILES string of the molecule is COC(=O)C1=C(C)NC(C)=C(C(=O)OC)C1c1ccc2c(C(C)C)c(/C=C/C(O)CC(=O)CC(=O)O)c(-c3ccc(F)cc3)nn12. The first-order valence-corrected chi connectivity index (χ1v) is 14.5. The number of carboxylic acid groups (broad SMARTS) is 1. The summed E-state index contributed by atoms with van der Waals surface area (Å²) >= 11 is 0. The van der Waals surface area contributed by atoms with Crippen molar-refractivity contribution in [3.63, 3.8) is 0 Å². The Morgan fingerprint density at radius 2 is 1.59 bits per heavy atom. The third-order valence-electron chi connectivity index (χ3n) is 7.74. The van der Waals surface area contributed by atoms with Gasteiger partial charge in [-0.25, -0.2) is 18.5 Å². The van der Waals surface area contributed by atoms with Gasteiger partial charge in [0.1, 0.15) is 18.0 Å². The molecule has 11 nitrogen and oxygen atoms in total. The van der Waals surface area contributed by atoms with Crippen molar-refractivity contribution < 1.29 is 43.3 Å². The zero-order chi connectivity index (χ0) is 33.9. The molecule has 0 saturated carbocycles. The molecule has 0 radical (unpaired) electrons. The van der Waals surface area contributed by atoms with E-state index < -0.39 is 54.4 Å². The number of carbonyl (C=O) groups is 4. The molecule has 0 bridgehead atoms. The molecule has 0 aliphatic carbocycles. The zero-order valence-electron chi connectivity index (χ0n) is 26.4. The molecule has 3 aromatic rings. The molecule has 1 aliphatic heterocycles. The Hall–Kier alpha value is -5.10. The maximum atomic E-state index is 14.0.